The Balaban J connectivity index is 0.000000177. The molecule has 9 heterocycles. The molecule has 0 saturated carbocycles. The van der Waals surface area contributed by atoms with Crippen molar-refractivity contribution in [3.8, 4) is 11.5 Å². The third-order valence-electron chi connectivity index (χ3n) is 17.0. The minimum Gasteiger partial charge on any atom is -0.462 e. The van der Waals surface area contributed by atoms with Gasteiger partial charge in [-0.25, -0.2) is 59.7 Å². The maximum Gasteiger partial charge on any atom is 0.459 e. The lowest BCUT2D eigenvalue weighted by atomic mass is 9.98. The number of esters is 2. The van der Waals surface area contributed by atoms with Crippen molar-refractivity contribution in [1.82, 2.24) is 68.7 Å². The van der Waals surface area contributed by atoms with Gasteiger partial charge in [-0.2, -0.15) is 35.0 Å². The molecule has 112 heavy (non-hydrogen) atoms. The summed E-state index contributed by atoms with van der Waals surface area (Å²) in [5.41, 5.74) is 12.0. The van der Waals surface area contributed by atoms with Crippen molar-refractivity contribution in [2.24, 2.45) is 0 Å². The van der Waals surface area contributed by atoms with Gasteiger partial charge in [0.2, 0.25) is 23.7 Å². The third-order valence-corrected chi connectivity index (χ3v) is 21.1. The first-order valence-corrected chi connectivity index (χ1v) is 37.2. The highest BCUT2D eigenvalue weighted by molar-refractivity contribution is 7.65. The monoisotopic (exact) mass is 1650 g/mol. The zero-order valence-corrected chi connectivity index (χ0v) is 63.7. The molecule has 0 spiro atoms. The Labute approximate surface area is 636 Å². The van der Waals surface area contributed by atoms with Gasteiger partial charge >= 0.3 is 27.2 Å². The van der Waals surface area contributed by atoms with Crippen LogP contribution in [0.5, 0.6) is 11.5 Å². The maximum atomic E-state index is 16.0. The van der Waals surface area contributed by atoms with Crippen LogP contribution in [0.25, 0.3) is 33.5 Å². The van der Waals surface area contributed by atoms with Gasteiger partial charge in [-0.3, -0.25) is 32.4 Å². The number of ether oxygens (including phenoxy) is 5. The Kier molecular flexibility index (Phi) is 27.0. The Bertz CT molecular complexity index is 4910. The van der Waals surface area contributed by atoms with Gasteiger partial charge in [-0.15, -0.1) is 0 Å². The molecule has 3 aliphatic heterocycles. The van der Waals surface area contributed by atoms with Crippen molar-refractivity contribution in [3.05, 3.63) is 114 Å². The topological polar surface area (TPSA) is 500 Å². The van der Waals surface area contributed by atoms with Crippen molar-refractivity contribution in [2.45, 2.75) is 159 Å². The van der Waals surface area contributed by atoms with Gasteiger partial charge in [0.15, 0.2) is 104 Å². The molecule has 3 fully saturated rings. The number of nitrogens with two attached hydrogens (primary N) is 3. The molecule has 0 bridgehead atoms. The second-order valence-electron chi connectivity index (χ2n) is 26.2. The van der Waals surface area contributed by atoms with Crippen LogP contribution in [0.2, 0.25) is 5.15 Å². The first kappa shape index (κ1) is 86.6. The van der Waals surface area contributed by atoms with Gasteiger partial charge < -0.3 is 86.1 Å². The number of nitrogen functional groups attached to an aromatic ring is 3. The minimum atomic E-state index is -5.04. The molecule has 15 N–H and O–H groups in total. The molecular weight excluding hydrogens is 1570 g/mol. The van der Waals surface area contributed by atoms with Crippen LogP contribution < -0.4 is 52.4 Å². The van der Waals surface area contributed by atoms with Crippen molar-refractivity contribution in [2.75, 3.05) is 61.8 Å². The van der Waals surface area contributed by atoms with Gasteiger partial charge in [0.05, 0.1) is 51.0 Å². The third kappa shape index (κ3) is 18.3. The van der Waals surface area contributed by atoms with E-state index < -0.39 is 178 Å². The van der Waals surface area contributed by atoms with Gasteiger partial charge in [-0.1, -0.05) is 48.0 Å². The zero-order valence-electron chi connectivity index (χ0n) is 61.2. The van der Waals surface area contributed by atoms with Crippen LogP contribution in [0.15, 0.2) is 79.6 Å². The number of aliphatic hydroxyl groups is 5. The summed E-state index contributed by atoms with van der Waals surface area (Å²) in [4.78, 5) is 60.8. The van der Waals surface area contributed by atoms with Crippen LogP contribution in [-0.2, 0) is 46.9 Å². The number of benzene rings is 3. The number of aliphatic hydroxyl groups excluding tert-OH is 5. The van der Waals surface area contributed by atoms with E-state index in [0.717, 1.165) is 13.8 Å². The molecule has 610 valence electrons. The number of halogens is 9. The smallest absolute Gasteiger partial charge is 0.459 e. The first-order chi connectivity index (χ1) is 52.6. The van der Waals surface area contributed by atoms with E-state index in [9.17, 15) is 69.9 Å². The average molecular weight is 1650 g/mol. The lowest BCUT2D eigenvalue weighted by Gasteiger charge is -2.25. The van der Waals surface area contributed by atoms with Gasteiger partial charge in [0, 0.05) is 14.1 Å². The van der Waals surface area contributed by atoms with Gasteiger partial charge in [-0.05, 0) is 86.6 Å². The number of para-hydroxylation sites is 2. The predicted octanol–water partition coefficient (Wildman–Crippen LogP) is 6.25. The Morgan fingerprint density at radius 2 is 0.893 bits per heavy atom. The second kappa shape index (κ2) is 34.9. The molecule has 0 amide bonds. The first-order valence-electron chi connectivity index (χ1n) is 33.7. The van der Waals surface area contributed by atoms with E-state index >= 15 is 4.39 Å². The molecule has 6 aromatic heterocycles. The molecule has 0 aliphatic carbocycles. The molecule has 16 atom stereocenters. The van der Waals surface area contributed by atoms with E-state index in [-0.39, 0.29) is 57.0 Å². The average Bonchev–Trinajstić information content (AvgIpc) is 1.33. The molecular formula is C65H80ClF8N19O17P2. The quantitative estimate of drug-likeness (QED) is 0.00840. The fourth-order valence-electron chi connectivity index (χ4n) is 11.5. The Morgan fingerprint density at radius 3 is 1.28 bits per heavy atom. The van der Waals surface area contributed by atoms with Crippen LogP contribution in [-0.4, -0.2) is 208 Å². The van der Waals surface area contributed by atoms with E-state index in [1.54, 1.807) is 64.3 Å². The molecule has 47 heteroatoms. The number of nitrogens with one attached hydrogen (secondary N) is 4. The number of anilines is 5. The van der Waals surface area contributed by atoms with Gasteiger partial charge in [0.25, 0.3) is 0 Å². The van der Waals surface area contributed by atoms with Crippen molar-refractivity contribution in [3.63, 3.8) is 0 Å². The van der Waals surface area contributed by atoms with E-state index in [2.05, 4.69) is 60.6 Å². The molecule has 3 aliphatic rings. The van der Waals surface area contributed by atoms with E-state index in [0.29, 0.717) is 22.7 Å². The van der Waals surface area contributed by atoms with Crippen LogP contribution in [0.4, 0.5) is 64.6 Å². The van der Waals surface area contributed by atoms with Crippen LogP contribution in [0, 0.1) is 29.1 Å². The number of aromatic nitrogens is 12. The van der Waals surface area contributed by atoms with E-state index in [1.165, 1.54) is 91.6 Å². The number of imidazole rings is 3. The van der Waals surface area contributed by atoms with Gasteiger partial charge in [0.1, 0.15) is 71.0 Å². The molecule has 36 nitrogen and oxygen atoms in total. The summed E-state index contributed by atoms with van der Waals surface area (Å²) in [6, 6.07) is 12.5. The summed E-state index contributed by atoms with van der Waals surface area (Å²) in [6.45, 7) is 10.9. The summed E-state index contributed by atoms with van der Waals surface area (Å²) in [7, 11) is -6.05. The highest BCUT2D eigenvalue weighted by Gasteiger charge is 2.58. The fraction of sp³-hybridized carbons (Fsp3) is 0.462. The van der Waals surface area contributed by atoms with Crippen LogP contribution in [0.1, 0.15) is 81.0 Å². The lowest BCUT2D eigenvalue weighted by molar-refractivity contribution is -0.149. The summed E-state index contributed by atoms with van der Waals surface area (Å²) < 4.78 is 189. The second-order valence-corrected chi connectivity index (χ2v) is 30.2. The van der Waals surface area contributed by atoms with E-state index in [4.69, 9.17) is 71.2 Å². The number of hydrogen-bond donors (Lipinski definition) is 12. The highest BCUT2D eigenvalue weighted by atomic mass is 35.5. The SMILES string of the molecule is CC(C)OC(=O)[C@H](C)N[P@](=O)(Oc1ccccc1)c1c(F)c(F)c(F)c(F)c1F.CNc1nc(N)nc2c1ncn2[C@@H]1O[C@H](CO)[C@@H](O)[C@@]1(C)F.CNc1nc(N)nc2c1ncn2[C@@H]1O[C@H](CO[P@@](=O)(N[C@@H](C)C(=O)OC(C)C)Oc2ccccc2)[C@@H](O)[C@@]1(C)F.C[C@@]1(F)[C@H](O)[C@@H](CO)O[C@H]1n1cnc2c(Cl)nc(N)nc21. The molecule has 3 aromatic carbocycles. The van der Waals surface area contributed by atoms with Crippen LogP contribution >= 0.6 is 26.9 Å². The number of rotatable bonds is 23. The number of fused-ring (bicyclic) bond motifs is 3. The Morgan fingerprint density at radius 1 is 0.545 bits per heavy atom. The number of carbonyl (C=O) groups excluding carboxylic acids is 2. The van der Waals surface area contributed by atoms with E-state index in [1.807, 2.05) is 5.09 Å². The minimum absolute atomic E-state index is 0.00332. The summed E-state index contributed by atoms with van der Waals surface area (Å²) in [5.74, 6) is -12.8. The molecule has 0 unspecified atom stereocenters. The molecule has 12 rings (SSSR count). The standard InChI is InChI=1S/C24H33FN7O7P.C18H17F5NO4P.C12H17FN6O3.C11H13ClFN5O3/c1-13(2)37-21(34)14(3)31-40(35,39-15-9-7-6-8-10-15)36-11-16-18(33)24(4,25)22(38-16)32-12-28-17-19(27-5)29-23(26)30-20(17)32;1-9(2)27-18(25)10(3)24-29(26,28-11-7-5-4-6-8-11)17-15(22)13(20)12(19)14(21)16(17)23;1-12(13)7(21)5(3-20)22-10(12)19-4-16-6-8(15-2)17-11(14)18-9(6)19;1-11(13)6(20)4(2-19)21-9(11)18-3-15-5-7(12)16-10(14)17-8(5)18/h6-10,12-14,16,18,22,33H,11H2,1-5H3,(H,31,35)(H3,26,27,29,30);4-10H,1-3H3,(H,24,26);4-5,7,10,20-21H,3H2,1-2H3,(H3,14,15,17,18);3-4,6,9,19-20H,2H2,1H3,(H2,14,16,17)/t14-,16+,18+,22+,24+,40-;10-,29+;5-,7-,10-,12-;4-,6-,9-,11-/m0011/s1. The van der Waals surface area contributed by atoms with Crippen molar-refractivity contribution < 1.29 is 117 Å². The fourth-order valence-corrected chi connectivity index (χ4v) is 15.2. The normalized spacial score (nSPS) is 25.1. The summed E-state index contributed by atoms with van der Waals surface area (Å²) >= 11 is 5.91. The van der Waals surface area contributed by atoms with Crippen molar-refractivity contribution in [1.29, 1.82) is 0 Å². The van der Waals surface area contributed by atoms with Crippen LogP contribution in [0.3, 0.4) is 0 Å². The number of carbonyl (C=O) groups is 2. The molecule has 3 saturated heterocycles. The molecule has 0 radical (unpaired) electrons. The number of alkyl halides is 3. The predicted molar refractivity (Wildman–Crippen MR) is 385 cm³/mol. The molecule has 9 aromatic rings. The summed E-state index contributed by atoms with van der Waals surface area (Å²) in [6.07, 6.45) is -8.92. The zero-order chi connectivity index (χ0) is 82.6. The highest BCUT2D eigenvalue weighted by Crippen LogP contribution is 2.50. The Hall–Kier alpha value is -9.40. The summed E-state index contributed by atoms with van der Waals surface area (Å²) in [5, 5.41) is 57.6. The maximum absolute atomic E-state index is 16.0. The number of nitrogens with zero attached hydrogens (tertiary/aromatic N) is 12. The lowest BCUT2D eigenvalue weighted by Crippen LogP contribution is -2.41. The number of hydrogen-bond acceptors (Lipinski definition) is 31. The van der Waals surface area contributed by atoms with Crippen molar-refractivity contribution >= 4 is 107 Å². The largest absolute Gasteiger partial charge is 0.462 e.